The fourth-order valence-corrected chi connectivity index (χ4v) is 1.87. The number of nitro benzene ring substituents is 1. The first-order chi connectivity index (χ1) is 9.01. The van der Waals surface area contributed by atoms with E-state index in [1.54, 1.807) is 19.1 Å². The fourth-order valence-electron chi connectivity index (χ4n) is 1.87. The number of hydrogen-bond donors (Lipinski definition) is 1. The van der Waals surface area contributed by atoms with Gasteiger partial charge in [-0.1, -0.05) is 12.1 Å². The molecule has 1 unspecified atom stereocenters. The first-order valence-electron chi connectivity index (χ1n) is 6.15. The van der Waals surface area contributed by atoms with Gasteiger partial charge < -0.3 is 10.0 Å². The fraction of sp³-hybridized carbons (Fsp3) is 0.462. The van der Waals surface area contributed by atoms with Gasteiger partial charge in [0.25, 0.3) is 5.69 Å². The van der Waals surface area contributed by atoms with Crippen molar-refractivity contribution in [1.82, 2.24) is 4.90 Å². The van der Waals surface area contributed by atoms with E-state index in [0.29, 0.717) is 12.1 Å². The summed E-state index contributed by atoms with van der Waals surface area (Å²) in [5.74, 6) is -0.608. The van der Waals surface area contributed by atoms with Crippen LogP contribution >= 0.6 is 0 Å². The maximum atomic E-state index is 12.2. The lowest BCUT2D eigenvalue weighted by molar-refractivity contribution is -0.384. The van der Waals surface area contributed by atoms with E-state index in [0.717, 1.165) is 0 Å². The number of hydrogen-bond acceptors (Lipinski definition) is 4. The SMILES string of the molecule is CCN(CCO)C(=O)C(C)c1cccc([N+](=O)[O-])c1. The van der Waals surface area contributed by atoms with Crippen LogP contribution in [0.15, 0.2) is 24.3 Å². The largest absolute Gasteiger partial charge is 0.395 e. The van der Waals surface area contributed by atoms with Crippen LogP contribution in [-0.4, -0.2) is 40.5 Å². The second-order valence-corrected chi connectivity index (χ2v) is 4.22. The topological polar surface area (TPSA) is 83.7 Å². The quantitative estimate of drug-likeness (QED) is 0.625. The Hall–Kier alpha value is -1.95. The number of rotatable bonds is 6. The third-order valence-electron chi connectivity index (χ3n) is 3.01. The summed E-state index contributed by atoms with van der Waals surface area (Å²) in [6.45, 7) is 4.21. The number of non-ortho nitro benzene ring substituents is 1. The number of benzene rings is 1. The van der Waals surface area contributed by atoms with E-state index in [1.165, 1.54) is 17.0 Å². The van der Waals surface area contributed by atoms with Crippen molar-refractivity contribution in [2.45, 2.75) is 19.8 Å². The molecule has 0 spiro atoms. The van der Waals surface area contributed by atoms with Crippen LogP contribution in [-0.2, 0) is 4.79 Å². The lowest BCUT2D eigenvalue weighted by atomic mass is 9.99. The predicted octanol–water partition coefficient (Wildman–Crippen LogP) is 1.54. The summed E-state index contributed by atoms with van der Waals surface area (Å²) in [5.41, 5.74) is 0.581. The van der Waals surface area contributed by atoms with Gasteiger partial charge in [-0.3, -0.25) is 14.9 Å². The van der Waals surface area contributed by atoms with Crippen molar-refractivity contribution in [1.29, 1.82) is 0 Å². The summed E-state index contributed by atoms with van der Waals surface area (Å²) in [7, 11) is 0. The van der Waals surface area contributed by atoms with Crippen LogP contribution in [0.2, 0.25) is 0 Å². The van der Waals surface area contributed by atoms with E-state index < -0.39 is 10.8 Å². The Kier molecular flexibility index (Phi) is 5.44. The van der Waals surface area contributed by atoms with Crippen LogP contribution in [0.5, 0.6) is 0 Å². The lowest BCUT2D eigenvalue weighted by Gasteiger charge is -2.23. The van der Waals surface area contributed by atoms with Gasteiger partial charge in [-0.2, -0.15) is 0 Å². The Morgan fingerprint density at radius 3 is 2.74 bits per heavy atom. The van der Waals surface area contributed by atoms with Crippen molar-refractivity contribution < 1.29 is 14.8 Å². The maximum absolute atomic E-state index is 12.2. The summed E-state index contributed by atoms with van der Waals surface area (Å²) in [5, 5.41) is 19.6. The number of nitro groups is 1. The average molecular weight is 266 g/mol. The second-order valence-electron chi connectivity index (χ2n) is 4.22. The van der Waals surface area contributed by atoms with Crippen LogP contribution in [0, 0.1) is 10.1 Å². The molecule has 0 heterocycles. The Labute approximate surface area is 111 Å². The third-order valence-corrected chi connectivity index (χ3v) is 3.01. The van der Waals surface area contributed by atoms with Gasteiger partial charge in [0.15, 0.2) is 0 Å². The molecule has 0 aliphatic rings. The summed E-state index contributed by atoms with van der Waals surface area (Å²) in [6.07, 6.45) is 0. The lowest BCUT2D eigenvalue weighted by Crippen LogP contribution is -2.36. The smallest absolute Gasteiger partial charge is 0.269 e. The zero-order valence-corrected chi connectivity index (χ0v) is 11.1. The van der Waals surface area contributed by atoms with Crippen molar-refractivity contribution in [3.63, 3.8) is 0 Å². The van der Waals surface area contributed by atoms with Gasteiger partial charge in [-0.05, 0) is 19.4 Å². The molecule has 0 bridgehead atoms. The van der Waals surface area contributed by atoms with Crippen LogP contribution in [0.1, 0.15) is 25.3 Å². The zero-order valence-electron chi connectivity index (χ0n) is 11.1. The standard InChI is InChI=1S/C13H18N2O4/c1-3-14(7-8-16)13(17)10(2)11-5-4-6-12(9-11)15(18)19/h4-6,9-10,16H,3,7-8H2,1-2H3. The molecule has 0 aromatic heterocycles. The van der Waals surface area contributed by atoms with E-state index in [2.05, 4.69) is 0 Å². The predicted molar refractivity (Wildman–Crippen MR) is 70.9 cm³/mol. The van der Waals surface area contributed by atoms with Gasteiger partial charge in [-0.25, -0.2) is 0 Å². The molecule has 1 atom stereocenters. The van der Waals surface area contributed by atoms with Gasteiger partial charge in [0.1, 0.15) is 0 Å². The Morgan fingerprint density at radius 1 is 1.53 bits per heavy atom. The molecule has 1 rings (SSSR count). The van der Waals surface area contributed by atoms with Gasteiger partial charge in [0.2, 0.25) is 5.91 Å². The molecule has 104 valence electrons. The van der Waals surface area contributed by atoms with Crippen molar-refractivity contribution in [3.05, 3.63) is 39.9 Å². The monoisotopic (exact) mass is 266 g/mol. The molecule has 0 radical (unpaired) electrons. The number of aliphatic hydroxyl groups is 1. The highest BCUT2D eigenvalue weighted by molar-refractivity contribution is 5.83. The molecular formula is C13H18N2O4. The summed E-state index contributed by atoms with van der Waals surface area (Å²) in [4.78, 5) is 24.0. The minimum atomic E-state index is -0.480. The normalized spacial score (nSPS) is 11.9. The van der Waals surface area contributed by atoms with Gasteiger partial charge in [-0.15, -0.1) is 0 Å². The number of likely N-dealkylation sites (N-methyl/N-ethyl adjacent to an activating group) is 1. The molecule has 0 fully saturated rings. The number of amides is 1. The minimum absolute atomic E-state index is 0.0256. The highest BCUT2D eigenvalue weighted by Gasteiger charge is 2.21. The highest BCUT2D eigenvalue weighted by atomic mass is 16.6. The van der Waals surface area contributed by atoms with Gasteiger partial charge >= 0.3 is 0 Å². The van der Waals surface area contributed by atoms with Crippen molar-refractivity contribution in [3.8, 4) is 0 Å². The summed E-state index contributed by atoms with van der Waals surface area (Å²) >= 11 is 0. The van der Waals surface area contributed by atoms with Crippen molar-refractivity contribution in [2.24, 2.45) is 0 Å². The molecule has 1 N–H and O–H groups in total. The molecule has 6 heteroatoms. The minimum Gasteiger partial charge on any atom is -0.395 e. The molecule has 19 heavy (non-hydrogen) atoms. The zero-order chi connectivity index (χ0) is 14.4. The van der Waals surface area contributed by atoms with E-state index >= 15 is 0 Å². The average Bonchev–Trinajstić information content (AvgIpc) is 2.43. The maximum Gasteiger partial charge on any atom is 0.269 e. The first kappa shape index (κ1) is 15.1. The van der Waals surface area contributed by atoms with E-state index in [-0.39, 0.29) is 24.7 Å². The summed E-state index contributed by atoms with van der Waals surface area (Å²) in [6, 6.07) is 6.07. The molecule has 0 saturated carbocycles. The Bertz CT molecular complexity index is 462. The number of nitrogens with zero attached hydrogens (tertiary/aromatic N) is 2. The van der Waals surface area contributed by atoms with E-state index in [4.69, 9.17) is 5.11 Å². The van der Waals surface area contributed by atoms with E-state index in [9.17, 15) is 14.9 Å². The van der Waals surface area contributed by atoms with Crippen LogP contribution in [0.4, 0.5) is 5.69 Å². The van der Waals surface area contributed by atoms with Crippen LogP contribution in [0.25, 0.3) is 0 Å². The number of carbonyl (C=O) groups is 1. The van der Waals surface area contributed by atoms with Crippen LogP contribution in [0.3, 0.4) is 0 Å². The molecule has 0 saturated heterocycles. The molecule has 0 aliphatic carbocycles. The molecule has 1 amide bonds. The first-order valence-corrected chi connectivity index (χ1v) is 6.15. The van der Waals surface area contributed by atoms with Gasteiger partial charge in [0.05, 0.1) is 17.4 Å². The van der Waals surface area contributed by atoms with Gasteiger partial charge in [0, 0.05) is 25.2 Å². The summed E-state index contributed by atoms with van der Waals surface area (Å²) < 4.78 is 0. The second kappa shape index (κ2) is 6.84. The number of carbonyl (C=O) groups excluding carboxylic acids is 1. The molecular weight excluding hydrogens is 248 g/mol. The number of aliphatic hydroxyl groups excluding tert-OH is 1. The van der Waals surface area contributed by atoms with E-state index in [1.807, 2.05) is 6.92 Å². The molecule has 1 aromatic carbocycles. The highest BCUT2D eigenvalue weighted by Crippen LogP contribution is 2.22. The van der Waals surface area contributed by atoms with Crippen molar-refractivity contribution >= 4 is 11.6 Å². The van der Waals surface area contributed by atoms with Crippen LogP contribution < -0.4 is 0 Å². The third kappa shape index (κ3) is 3.75. The molecule has 0 aliphatic heterocycles. The van der Waals surface area contributed by atoms with Crippen molar-refractivity contribution in [2.75, 3.05) is 19.7 Å². The Balaban J connectivity index is 2.92. The Morgan fingerprint density at radius 2 is 2.21 bits per heavy atom. The molecule has 1 aromatic rings. The molecule has 6 nitrogen and oxygen atoms in total.